The molecule has 1 aromatic carbocycles. The Morgan fingerprint density at radius 3 is 2.03 bits per heavy atom. The van der Waals surface area contributed by atoms with Crippen molar-refractivity contribution >= 4 is 17.6 Å². The lowest BCUT2D eigenvalue weighted by Crippen LogP contribution is -2.25. The van der Waals surface area contributed by atoms with Crippen molar-refractivity contribution < 1.29 is 14.7 Å². The monoisotopic (exact) mass is 525 g/mol. The van der Waals surface area contributed by atoms with Crippen LogP contribution in [0.5, 0.6) is 0 Å². The van der Waals surface area contributed by atoms with E-state index in [1.54, 1.807) is 39.7 Å². The minimum atomic E-state index is -0.988. The molecule has 0 unspecified atom stereocenters. The summed E-state index contributed by atoms with van der Waals surface area (Å²) in [5.41, 5.74) is 1.98. The third-order valence-electron chi connectivity index (χ3n) is 7.08. The molecule has 0 spiro atoms. The lowest BCUT2D eigenvalue weighted by Gasteiger charge is -2.14. The van der Waals surface area contributed by atoms with Gasteiger partial charge >= 0.3 is 5.97 Å². The molecular weight excluding hydrogens is 478 g/mol. The Balaban J connectivity index is 1.73. The van der Waals surface area contributed by atoms with Crippen molar-refractivity contribution in [1.82, 2.24) is 9.36 Å². The first kappa shape index (κ1) is 31.1. The first-order valence-electron chi connectivity index (χ1n) is 14.4. The zero-order valence-electron chi connectivity index (χ0n) is 23.6. The van der Waals surface area contributed by atoms with Crippen LogP contribution in [0.15, 0.2) is 47.3 Å². The van der Waals surface area contributed by atoms with E-state index in [4.69, 9.17) is 0 Å². The van der Waals surface area contributed by atoms with Crippen molar-refractivity contribution in [2.45, 2.75) is 104 Å². The zero-order valence-corrected chi connectivity index (χ0v) is 23.6. The number of aromatic nitrogens is 2. The number of nitrogens with one attached hydrogen (secondary N) is 1. The van der Waals surface area contributed by atoms with Crippen molar-refractivity contribution in [1.29, 1.82) is 0 Å². The molecule has 1 aromatic heterocycles. The number of unbranched alkanes of at least 4 members (excludes halogenated alkanes) is 11. The number of carboxylic acids is 1. The van der Waals surface area contributed by atoms with Gasteiger partial charge in [-0.1, -0.05) is 83.3 Å². The van der Waals surface area contributed by atoms with Gasteiger partial charge in [0, 0.05) is 24.5 Å². The van der Waals surface area contributed by atoms with Crippen LogP contribution >= 0.6 is 0 Å². The van der Waals surface area contributed by atoms with E-state index < -0.39 is 11.9 Å². The molecule has 2 rings (SSSR count). The van der Waals surface area contributed by atoms with Gasteiger partial charge in [0.05, 0.1) is 18.0 Å². The Morgan fingerprint density at radius 2 is 1.50 bits per heavy atom. The highest BCUT2D eigenvalue weighted by atomic mass is 16.4. The maximum Gasteiger partial charge on any atom is 0.304 e. The number of carbonyl (C=O) groups is 2. The number of hydrogen-bond donors (Lipinski definition) is 2. The molecule has 7 nitrogen and oxygen atoms in total. The molecule has 0 saturated heterocycles. The Bertz CT molecular complexity index is 1070. The van der Waals surface area contributed by atoms with Crippen molar-refractivity contribution in [3.8, 4) is 5.69 Å². The molecule has 0 bridgehead atoms. The molecule has 2 N–H and O–H groups in total. The summed E-state index contributed by atoms with van der Waals surface area (Å²) in [5.74, 6) is -1.94. The lowest BCUT2D eigenvalue weighted by molar-refractivity contribution is -0.140. The van der Waals surface area contributed by atoms with E-state index >= 15 is 0 Å². The van der Waals surface area contributed by atoms with Gasteiger partial charge in [0.25, 0.3) is 5.56 Å². The van der Waals surface area contributed by atoms with Gasteiger partial charge in [-0.2, -0.15) is 0 Å². The number of allylic oxidation sites excluding steroid dienone is 2. The fourth-order valence-corrected chi connectivity index (χ4v) is 4.67. The van der Waals surface area contributed by atoms with E-state index in [1.807, 2.05) is 20.0 Å². The van der Waals surface area contributed by atoms with Crippen LogP contribution in [0, 0.1) is 12.8 Å². The molecule has 1 amide bonds. The number of carbonyl (C=O) groups excluding carboxylic acids is 1. The smallest absolute Gasteiger partial charge is 0.304 e. The molecule has 2 aromatic rings. The van der Waals surface area contributed by atoms with E-state index in [0.717, 1.165) is 18.5 Å². The van der Waals surface area contributed by atoms with Crippen molar-refractivity contribution in [3.63, 3.8) is 0 Å². The van der Waals surface area contributed by atoms with Crippen LogP contribution in [0.3, 0.4) is 0 Å². The number of aryl methyl sites for hydroxylation is 1. The van der Waals surface area contributed by atoms with Crippen molar-refractivity contribution in [2.75, 3.05) is 5.32 Å². The highest BCUT2D eigenvalue weighted by Crippen LogP contribution is 2.18. The topological polar surface area (TPSA) is 93.3 Å². The Kier molecular flexibility index (Phi) is 14.3. The summed E-state index contributed by atoms with van der Waals surface area (Å²) >= 11 is 0. The number of rotatable bonds is 19. The summed E-state index contributed by atoms with van der Waals surface area (Å²) in [5, 5.41) is 12.1. The van der Waals surface area contributed by atoms with E-state index in [9.17, 15) is 19.5 Å². The molecule has 0 aliphatic heterocycles. The average Bonchev–Trinajstić information content (AvgIpc) is 3.14. The number of aliphatic carboxylic acids is 1. The molecule has 1 heterocycles. The SMILES string of the molecule is CCCCCCCCCCCCC/C=C/C[C@H](CC(=O)O)C(=O)Nc1ccc(-n2c(=O)cc(C)n2C)cc1. The number of nitrogens with zero attached hydrogens (tertiary/aromatic N) is 2. The van der Waals surface area contributed by atoms with Gasteiger partial charge in [0.2, 0.25) is 5.91 Å². The molecule has 0 fully saturated rings. The van der Waals surface area contributed by atoms with Gasteiger partial charge in [0.1, 0.15) is 0 Å². The molecular formula is C31H47N3O4. The van der Waals surface area contributed by atoms with E-state index in [-0.39, 0.29) is 17.9 Å². The van der Waals surface area contributed by atoms with Crippen LogP contribution in [-0.2, 0) is 16.6 Å². The average molecular weight is 526 g/mol. The normalized spacial score (nSPS) is 12.2. The van der Waals surface area contributed by atoms with Gasteiger partial charge in [-0.15, -0.1) is 0 Å². The van der Waals surface area contributed by atoms with Crippen LogP contribution < -0.4 is 10.9 Å². The highest BCUT2D eigenvalue weighted by molar-refractivity contribution is 5.94. The third-order valence-corrected chi connectivity index (χ3v) is 7.08. The molecule has 210 valence electrons. The summed E-state index contributed by atoms with van der Waals surface area (Å²) < 4.78 is 3.32. The summed E-state index contributed by atoms with van der Waals surface area (Å²) in [6, 6.07) is 8.54. The number of carboxylic acid groups (broad SMARTS) is 1. The number of anilines is 1. The van der Waals surface area contributed by atoms with E-state index in [0.29, 0.717) is 17.8 Å². The minimum absolute atomic E-state index is 0.122. The highest BCUT2D eigenvalue weighted by Gasteiger charge is 2.20. The van der Waals surface area contributed by atoms with Gasteiger partial charge in [-0.05, 0) is 50.5 Å². The molecule has 38 heavy (non-hydrogen) atoms. The molecule has 0 aliphatic carbocycles. The Morgan fingerprint density at radius 1 is 0.921 bits per heavy atom. The van der Waals surface area contributed by atoms with Gasteiger partial charge < -0.3 is 10.4 Å². The lowest BCUT2D eigenvalue weighted by atomic mass is 9.99. The predicted octanol–water partition coefficient (Wildman–Crippen LogP) is 7.16. The fourth-order valence-electron chi connectivity index (χ4n) is 4.67. The standard InChI is InChI=1S/C31H47N3O4/c1-4-5-6-7-8-9-10-11-12-13-14-15-16-17-18-26(24-30(36)37)31(38)32-27-19-21-28(22-20-27)34-29(35)23-25(2)33(34)3/h16-17,19-23,26H,4-15,18,24H2,1-3H3,(H,32,38)(H,36,37)/b17-16+/t26-/m1/s1. The van der Waals surface area contributed by atoms with Crippen molar-refractivity contribution in [3.05, 3.63) is 58.5 Å². The van der Waals surface area contributed by atoms with E-state index in [2.05, 4.69) is 18.3 Å². The maximum atomic E-state index is 12.8. The first-order valence-corrected chi connectivity index (χ1v) is 14.4. The van der Waals surface area contributed by atoms with Crippen molar-refractivity contribution in [2.24, 2.45) is 13.0 Å². The van der Waals surface area contributed by atoms with Crippen LogP contribution in [-0.4, -0.2) is 26.3 Å². The number of amides is 1. The second-order valence-corrected chi connectivity index (χ2v) is 10.3. The summed E-state index contributed by atoms with van der Waals surface area (Å²) in [6.07, 6.45) is 19.5. The molecule has 7 heteroatoms. The second-order valence-electron chi connectivity index (χ2n) is 10.3. The quantitative estimate of drug-likeness (QED) is 0.150. The summed E-state index contributed by atoms with van der Waals surface area (Å²) in [7, 11) is 1.81. The maximum absolute atomic E-state index is 12.8. The predicted molar refractivity (Wildman–Crippen MR) is 155 cm³/mol. The second kappa shape index (κ2) is 17.4. The zero-order chi connectivity index (χ0) is 27.8. The fraction of sp³-hybridized carbons (Fsp3) is 0.581. The first-order chi connectivity index (χ1) is 18.3. The molecule has 0 aliphatic rings. The molecule has 0 radical (unpaired) electrons. The van der Waals surface area contributed by atoms with Crippen LogP contribution in [0.2, 0.25) is 0 Å². The third kappa shape index (κ3) is 11.1. The minimum Gasteiger partial charge on any atom is -0.481 e. The van der Waals surface area contributed by atoms with Gasteiger partial charge in [-0.3, -0.25) is 19.1 Å². The van der Waals surface area contributed by atoms with Gasteiger partial charge in [-0.25, -0.2) is 4.68 Å². The van der Waals surface area contributed by atoms with Crippen LogP contribution in [0.25, 0.3) is 5.69 Å². The largest absolute Gasteiger partial charge is 0.481 e. The summed E-state index contributed by atoms with van der Waals surface area (Å²) in [4.78, 5) is 36.4. The van der Waals surface area contributed by atoms with Crippen LogP contribution in [0.4, 0.5) is 5.69 Å². The van der Waals surface area contributed by atoms with E-state index in [1.165, 1.54) is 64.2 Å². The molecule has 0 saturated carbocycles. The number of hydrogen-bond acceptors (Lipinski definition) is 3. The Labute approximate surface area is 227 Å². The summed E-state index contributed by atoms with van der Waals surface area (Å²) in [6.45, 7) is 4.11. The van der Waals surface area contributed by atoms with Gasteiger partial charge in [0.15, 0.2) is 0 Å². The number of benzene rings is 1. The van der Waals surface area contributed by atoms with Crippen LogP contribution in [0.1, 0.15) is 103 Å². The molecule has 1 atom stereocenters. The Hall–Kier alpha value is -3.09.